The Morgan fingerprint density at radius 1 is 1.04 bits per heavy atom. The normalized spacial score (nSPS) is 15.7. The molecule has 0 bridgehead atoms. The van der Waals surface area contributed by atoms with Crippen molar-refractivity contribution in [3.63, 3.8) is 0 Å². The largest absolute Gasteiger partial charge is 0.506 e. The van der Waals surface area contributed by atoms with Crippen molar-refractivity contribution in [2.45, 2.75) is 13.5 Å². The van der Waals surface area contributed by atoms with Gasteiger partial charge in [0.05, 0.1) is 5.52 Å². The van der Waals surface area contributed by atoms with Crippen LogP contribution in [0.4, 0.5) is 5.69 Å². The van der Waals surface area contributed by atoms with Gasteiger partial charge in [0.15, 0.2) is 0 Å². The molecule has 0 unspecified atom stereocenters. The van der Waals surface area contributed by atoms with E-state index in [9.17, 15) is 9.90 Å². The summed E-state index contributed by atoms with van der Waals surface area (Å²) in [6.45, 7) is 7.51. The van der Waals surface area contributed by atoms with Crippen LogP contribution in [0.1, 0.15) is 5.56 Å². The van der Waals surface area contributed by atoms with Gasteiger partial charge in [-0.2, -0.15) is 0 Å². The minimum atomic E-state index is -0.167. The Balaban J connectivity index is 1.39. The summed E-state index contributed by atoms with van der Waals surface area (Å²) in [4.78, 5) is 19.8. The molecule has 4 rings (SSSR count). The smallest absolute Gasteiger partial charge is 0.326 e. The fourth-order valence-corrected chi connectivity index (χ4v) is 3.68. The molecule has 2 aromatic carbocycles. The number of rotatable bonds is 4. The number of nitrogens with zero attached hydrogens (tertiary/aromatic N) is 3. The molecule has 0 saturated carbocycles. The number of aryl methyl sites for hydroxylation is 1. The lowest BCUT2D eigenvalue weighted by Gasteiger charge is -2.36. The average Bonchev–Trinajstić information content (AvgIpc) is 2.97. The lowest BCUT2D eigenvalue weighted by molar-refractivity contribution is 0.248. The molecule has 1 aliphatic rings. The highest BCUT2D eigenvalue weighted by Crippen LogP contribution is 2.21. The highest BCUT2D eigenvalue weighted by Gasteiger charge is 2.18. The van der Waals surface area contributed by atoms with Gasteiger partial charge in [0.25, 0.3) is 0 Å². The van der Waals surface area contributed by atoms with Crippen LogP contribution in [0.2, 0.25) is 0 Å². The van der Waals surface area contributed by atoms with Crippen molar-refractivity contribution in [2.24, 2.45) is 0 Å². The van der Waals surface area contributed by atoms with Gasteiger partial charge in [-0.3, -0.25) is 9.47 Å². The van der Waals surface area contributed by atoms with Gasteiger partial charge in [-0.25, -0.2) is 4.79 Å². The van der Waals surface area contributed by atoms with E-state index in [-0.39, 0.29) is 11.4 Å². The van der Waals surface area contributed by atoms with Gasteiger partial charge in [-0.05, 0) is 36.8 Å². The van der Waals surface area contributed by atoms with Crippen LogP contribution >= 0.6 is 0 Å². The first kappa shape index (κ1) is 16.7. The summed E-state index contributed by atoms with van der Waals surface area (Å²) in [6, 6.07) is 13.8. The molecule has 26 heavy (non-hydrogen) atoms. The van der Waals surface area contributed by atoms with Crippen molar-refractivity contribution in [3.05, 3.63) is 58.5 Å². The molecule has 0 atom stereocenters. The van der Waals surface area contributed by atoms with Crippen LogP contribution < -0.4 is 10.6 Å². The fourth-order valence-electron chi connectivity index (χ4n) is 3.68. The minimum Gasteiger partial charge on any atom is -0.506 e. The number of hydrogen-bond acceptors (Lipinski definition) is 4. The molecule has 0 amide bonds. The Labute approximate surface area is 152 Å². The summed E-state index contributed by atoms with van der Waals surface area (Å²) < 4.78 is 1.71. The average molecular weight is 352 g/mol. The molecular weight excluding hydrogens is 328 g/mol. The zero-order valence-electron chi connectivity index (χ0n) is 15.0. The number of aromatic amines is 1. The number of nitrogens with one attached hydrogen (secondary N) is 1. The summed E-state index contributed by atoms with van der Waals surface area (Å²) in [5.41, 5.74) is 3.68. The third-order valence-electron chi connectivity index (χ3n) is 5.17. The number of fused-ring (bicyclic) bond motifs is 1. The van der Waals surface area contributed by atoms with Crippen molar-refractivity contribution >= 4 is 16.7 Å². The molecule has 136 valence electrons. The number of para-hydroxylation sites is 1. The molecule has 2 N–H and O–H groups in total. The third-order valence-corrected chi connectivity index (χ3v) is 5.17. The van der Waals surface area contributed by atoms with Gasteiger partial charge in [0.2, 0.25) is 0 Å². The number of hydrogen-bond donors (Lipinski definition) is 2. The summed E-state index contributed by atoms with van der Waals surface area (Å²) in [7, 11) is 0. The number of imidazole rings is 1. The number of benzene rings is 2. The highest BCUT2D eigenvalue weighted by molar-refractivity contribution is 5.81. The predicted molar refractivity (Wildman–Crippen MR) is 104 cm³/mol. The van der Waals surface area contributed by atoms with Crippen LogP contribution in [0.3, 0.4) is 0 Å². The van der Waals surface area contributed by atoms with Crippen molar-refractivity contribution in [1.29, 1.82) is 0 Å². The summed E-state index contributed by atoms with van der Waals surface area (Å²) in [6.07, 6.45) is 0. The molecule has 2 heterocycles. The van der Waals surface area contributed by atoms with Crippen LogP contribution in [0.5, 0.6) is 5.75 Å². The Morgan fingerprint density at radius 2 is 1.81 bits per heavy atom. The second-order valence-corrected chi connectivity index (χ2v) is 6.92. The van der Waals surface area contributed by atoms with Crippen LogP contribution in [0.25, 0.3) is 11.0 Å². The maximum atomic E-state index is 12.2. The van der Waals surface area contributed by atoms with E-state index in [0.29, 0.717) is 12.1 Å². The molecule has 6 nitrogen and oxygen atoms in total. The van der Waals surface area contributed by atoms with Crippen LogP contribution in [-0.2, 0) is 6.54 Å². The van der Waals surface area contributed by atoms with E-state index in [1.54, 1.807) is 16.7 Å². The van der Waals surface area contributed by atoms with E-state index in [1.807, 2.05) is 6.07 Å². The first-order valence-corrected chi connectivity index (χ1v) is 9.06. The van der Waals surface area contributed by atoms with Crippen molar-refractivity contribution in [2.75, 3.05) is 37.6 Å². The van der Waals surface area contributed by atoms with Gasteiger partial charge in [0.1, 0.15) is 11.3 Å². The van der Waals surface area contributed by atoms with Gasteiger partial charge < -0.3 is 15.0 Å². The second kappa shape index (κ2) is 6.88. The van der Waals surface area contributed by atoms with E-state index < -0.39 is 0 Å². The number of aromatic nitrogens is 2. The molecule has 0 aliphatic carbocycles. The molecule has 1 aliphatic heterocycles. The summed E-state index contributed by atoms with van der Waals surface area (Å²) in [5.74, 6) is 0.116. The monoisotopic (exact) mass is 352 g/mol. The number of aromatic hydroxyl groups is 1. The first-order valence-electron chi connectivity index (χ1n) is 9.06. The topological polar surface area (TPSA) is 64.5 Å². The Bertz CT molecular complexity index is 967. The van der Waals surface area contributed by atoms with Gasteiger partial charge in [-0.1, -0.05) is 18.2 Å². The van der Waals surface area contributed by atoms with Crippen molar-refractivity contribution in [3.8, 4) is 5.75 Å². The molecule has 0 radical (unpaired) electrons. The molecule has 3 aromatic rings. The number of H-pyrrole nitrogens is 1. The first-order chi connectivity index (χ1) is 12.6. The van der Waals surface area contributed by atoms with E-state index in [0.717, 1.165) is 38.2 Å². The molecule has 0 spiro atoms. The Hall–Kier alpha value is -2.73. The zero-order chi connectivity index (χ0) is 18.1. The molecule has 1 fully saturated rings. The predicted octanol–water partition coefficient (Wildman–Crippen LogP) is 2.17. The quantitative estimate of drug-likeness (QED) is 0.755. The standard InChI is InChI=1S/C20H24N4O2/c1-15-4-2-5-16(14-15)23-11-8-22(9-12-23)10-13-24-17-6-3-7-18(25)19(17)21-20(24)26/h2-7,14,25H,8-13H2,1H3,(H,21,26). The highest BCUT2D eigenvalue weighted by atomic mass is 16.3. The zero-order valence-corrected chi connectivity index (χ0v) is 15.0. The molecule has 1 saturated heterocycles. The lowest BCUT2D eigenvalue weighted by atomic mass is 10.2. The Morgan fingerprint density at radius 3 is 2.58 bits per heavy atom. The fraction of sp³-hybridized carbons (Fsp3) is 0.350. The van der Waals surface area contributed by atoms with E-state index >= 15 is 0 Å². The van der Waals surface area contributed by atoms with Crippen LogP contribution in [0, 0.1) is 6.92 Å². The van der Waals surface area contributed by atoms with Gasteiger partial charge in [0, 0.05) is 45.0 Å². The SMILES string of the molecule is Cc1cccc(N2CCN(CCn3c(=O)[nH]c4c(O)cccc43)CC2)c1. The van der Waals surface area contributed by atoms with E-state index in [4.69, 9.17) is 0 Å². The number of phenols is 1. The molecular formula is C20H24N4O2. The van der Waals surface area contributed by atoms with Crippen LogP contribution in [0.15, 0.2) is 47.3 Å². The van der Waals surface area contributed by atoms with E-state index in [1.165, 1.54) is 11.3 Å². The second-order valence-electron chi connectivity index (χ2n) is 6.92. The lowest BCUT2D eigenvalue weighted by Crippen LogP contribution is -2.47. The number of piperazine rings is 1. The molecule has 6 heteroatoms. The molecule has 1 aromatic heterocycles. The van der Waals surface area contributed by atoms with Crippen molar-refractivity contribution in [1.82, 2.24) is 14.5 Å². The maximum absolute atomic E-state index is 12.2. The minimum absolute atomic E-state index is 0.116. The summed E-state index contributed by atoms with van der Waals surface area (Å²) in [5, 5.41) is 9.88. The third kappa shape index (κ3) is 3.20. The Kier molecular flexibility index (Phi) is 4.42. The van der Waals surface area contributed by atoms with Crippen molar-refractivity contribution < 1.29 is 5.11 Å². The number of anilines is 1. The number of phenolic OH excluding ortho intramolecular Hbond substituents is 1. The van der Waals surface area contributed by atoms with Gasteiger partial charge in [-0.15, -0.1) is 0 Å². The maximum Gasteiger partial charge on any atom is 0.326 e. The van der Waals surface area contributed by atoms with Gasteiger partial charge >= 0.3 is 5.69 Å². The van der Waals surface area contributed by atoms with E-state index in [2.05, 4.69) is 46.0 Å². The van der Waals surface area contributed by atoms with Crippen LogP contribution in [-0.4, -0.2) is 52.3 Å². The summed E-state index contributed by atoms with van der Waals surface area (Å²) >= 11 is 0.